The van der Waals surface area contributed by atoms with Crippen molar-refractivity contribution in [1.82, 2.24) is 4.98 Å². The van der Waals surface area contributed by atoms with Gasteiger partial charge in [0.1, 0.15) is 6.26 Å². The number of rotatable bonds is 6. The molecule has 1 heterocycles. The zero-order valence-corrected chi connectivity index (χ0v) is 12.4. The summed E-state index contributed by atoms with van der Waals surface area (Å²) in [5.74, 6) is 0.781. The number of hydrogen-bond acceptors (Lipinski definition) is 4. The lowest BCUT2D eigenvalue weighted by Gasteiger charge is -2.11. The summed E-state index contributed by atoms with van der Waals surface area (Å²) in [6.45, 7) is 3.90. The first kappa shape index (κ1) is 14.6. The van der Waals surface area contributed by atoms with Crippen LogP contribution in [0, 0.1) is 5.92 Å². The van der Waals surface area contributed by atoms with Gasteiger partial charge < -0.3 is 4.42 Å². The second-order valence-electron chi connectivity index (χ2n) is 4.81. The molecule has 5 nitrogen and oxygen atoms in total. The van der Waals surface area contributed by atoms with Gasteiger partial charge in [0.2, 0.25) is 15.9 Å². The van der Waals surface area contributed by atoms with Gasteiger partial charge in [-0.2, -0.15) is 0 Å². The molecule has 0 amide bonds. The van der Waals surface area contributed by atoms with E-state index in [2.05, 4.69) is 9.71 Å². The standard InChI is InChI=1S/C14H18N2O3S/c1-3-11(2)10-20(17,18)16-13-6-4-12(5-7-13)14-15-8-9-19-14/h4-9,11,16H,3,10H2,1-2H3. The van der Waals surface area contributed by atoms with Gasteiger partial charge in [0.25, 0.3) is 0 Å². The van der Waals surface area contributed by atoms with Crippen LogP contribution < -0.4 is 4.72 Å². The molecule has 1 unspecified atom stereocenters. The van der Waals surface area contributed by atoms with E-state index in [0.717, 1.165) is 12.0 Å². The Morgan fingerprint density at radius 3 is 2.55 bits per heavy atom. The molecule has 2 rings (SSSR count). The highest BCUT2D eigenvalue weighted by Gasteiger charge is 2.14. The predicted octanol–water partition coefficient (Wildman–Crippen LogP) is 3.13. The number of anilines is 1. The van der Waals surface area contributed by atoms with Gasteiger partial charge in [-0.15, -0.1) is 0 Å². The summed E-state index contributed by atoms with van der Waals surface area (Å²) in [5, 5.41) is 0. The maximum Gasteiger partial charge on any atom is 0.232 e. The van der Waals surface area contributed by atoms with Gasteiger partial charge in [0, 0.05) is 11.3 Å². The van der Waals surface area contributed by atoms with E-state index >= 15 is 0 Å². The highest BCUT2D eigenvalue weighted by atomic mass is 32.2. The minimum Gasteiger partial charge on any atom is -0.445 e. The molecular weight excluding hydrogens is 276 g/mol. The van der Waals surface area contributed by atoms with Gasteiger partial charge in [-0.3, -0.25) is 4.72 Å². The van der Waals surface area contributed by atoms with Gasteiger partial charge in [0.05, 0.1) is 11.9 Å². The molecule has 2 aromatic rings. The Morgan fingerprint density at radius 2 is 2.00 bits per heavy atom. The summed E-state index contributed by atoms with van der Waals surface area (Å²) in [6, 6.07) is 6.95. The first-order valence-corrected chi connectivity index (χ1v) is 8.16. The molecule has 1 aromatic carbocycles. The zero-order chi connectivity index (χ0) is 14.6. The number of benzene rings is 1. The molecule has 0 radical (unpaired) electrons. The SMILES string of the molecule is CCC(C)CS(=O)(=O)Nc1ccc(-c2ncco2)cc1. The first-order chi connectivity index (χ1) is 9.50. The third-order valence-corrected chi connectivity index (χ3v) is 4.59. The molecule has 6 heteroatoms. The molecule has 0 aliphatic carbocycles. The number of oxazole rings is 1. The van der Waals surface area contributed by atoms with Crippen LogP contribution in [0.3, 0.4) is 0 Å². The van der Waals surface area contributed by atoms with E-state index in [1.54, 1.807) is 30.5 Å². The summed E-state index contributed by atoms with van der Waals surface area (Å²) in [6.07, 6.45) is 3.90. The lowest BCUT2D eigenvalue weighted by Crippen LogP contribution is -2.20. The summed E-state index contributed by atoms with van der Waals surface area (Å²) < 4.78 is 31.6. The van der Waals surface area contributed by atoms with E-state index in [0.29, 0.717) is 11.6 Å². The van der Waals surface area contributed by atoms with Crippen LogP contribution in [0.15, 0.2) is 41.1 Å². The number of hydrogen-bond donors (Lipinski definition) is 1. The maximum absolute atomic E-state index is 11.9. The summed E-state index contributed by atoms with van der Waals surface area (Å²) in [7, 11) is -3.30. The minimum atomic E-state index is -3.30. The highest BCUT2D eigenvalue weighted by molar-refractivity contribution is 7.92. The number of aromatic nitrogens is 1. The Labute approximate surface area is 119 Å². The normalized spacial score (nSPS) is 13.1. The molecule has 1 atom stereocenters. The molecule has 1 N–H and O–H groups in total. The van der Waals surface area contributed by atoms with Crippen LogP contribution in [-0.2, 0) is 10.0 Å². The quantitative estimate of drug-likeness (QED) is 0.888. The van der Waals surface area contributed by atoms with Crippen molar-refractivity contribution in [2.75, 3.05) is 10.5 Å². The van der Waals surface area contributed by atoms with Crippen molar-refractivity contribution in [2.45, 2.75) is 20.3 Å². The first-order valence-electron chi connectivity index (χ1n) is 6.50. The van der Waals surface area contributed by atoms with E-state index in [1.807, 2.05) is 13.8 Å². The van der Waals surface area contributed by atoms with E-state index < -0.39 is 10.0 Å². The third-order valence-electron chi connectivity index (χ3n) is 3.04. The summed E-state index contributed by atoms with van der Waals surface area (Å²) >= 11 is 0. The molecule has 0 saturated carbocycles. The summed E-state index contributed by atoms with van der Waals surface area (Å²) in [4.78, 5) is 4.04. The molecule has 108 valence electrons. The molecular formula is C14H18N2O3S. The van der Waals surface area contributed by atoms with Crippen LogP contribution in [0.4, 0.5) is 5.69 Å². The molecule has 0 bridgehead atoms. The molecule has 0 aliphatic rings. The van der Waals surface area contributed by atoms with Gasteiger partial charge in [-0.1, -0.05) is 20.3 Å². The van der Waals surface area contributed by atoms with Crippen LogP contribution in [0.2, 0.25) is 0 Å². The van der Waals surface area contributed by atoms with Crippen molar-refractivity contribution in [3.63, 3.8) is 0 Å². The Kier molecular flexibility index (Phi) is 4.44. The Bertz CT molecular complexity index is 634. The fourth-order valence-electron chi connectivity index (χ4n) is 1.76. The fraction of sp³-hybridized carbons (Fsp3) is 0.357. The monoisotopic (exact) mass is 294 g/mol. The van der Waals surface area contributed by atoms with Crippen LogP contribution >= 0.6 is 0 Å². The number of sulfonamides is 1. The Morgan fingerprint density at radius 1 is 1.30 bits per heavy atom. The van der Waals surface area contributed by atoms with Crippen molar-refractivity contribution in [2.24, 2.45) is 5.92 Å². The van der Waals surface area contributed by atoms with E-state index in [9.17, 15) is 8.42 Å². The molecule has 20 heavy (non-hydrogen) atoms. The summed E-state index contributed by atoms with van der Waals surface area (Å²) in [5.41, 5.74) is 1.35. The lowest BCUT2D eigenvalue weighted by atomic mass is 10.2. The van der Waals surface area contributed by atoms with Crippen molar-refractivity contribution in [1.29, 1.82) is 0 Å². The smallest absolute Gasteiger partial charge is 0.232 e. The number of nitrogens with one attached hydrogen (secondary N) is 1. The van der Waals surface area contributed by atoms with Crippen LogP contribution in [-0.4, -0.2) is 19.2 Å². The Balaban J connectivity index is 2.07. The van der Waals surface area contributed by atoms with Gasteiger partial charge in [0.15, 0.2) is 0 Å². The lowest BCUT2D eigenvalue weighted by molar-refractivity contribution is 0.568. The molecule has 0 spiro atoms. The van der Waals surface area contributed by atoms with Crippen molar-refractivity contribution >= 4 is 15.7 Å². The Hall–Kier alpha value is -1.82. The van der Waals surface area contributed by atoms with Crippen molar-refractivity contribution < 1.29 is 12.8 Å². The van der Waals surface area contributed by atoms with E-state index in [-0.39, 0.29) is 11.7 Å². The predicted molar refractivity (Wildman–Crippen MR) is 78.8 cm³/mol. The van der Waals surface area contributed by atoms with Crippen LogP contribution in [0.5, 0.6) is 0 Å². The zero-order valence-electron chi connectivity index (χ0n) is 11.5. The maximum atomic E-state index is 11.9. The van der Waals surface area contributed by atoms with Gasteiger partial charge in [-0.05, 0) is 30.2 Å². The molecule has 1 aromatic heterocycles. The molecule has 0 saturated heterocycles. The number of nitrogens with zero attached hydrogens (tertiary/aromatic N) is 1. The second kappa shape index (κ2) is 6.09. The molecule has 0 aliphatic heterocycles. The average molecular weight is 294 g/mol. The van der Waals surface area contributed by atoms with Gasteiger partial charge in [-0.25, -0.2) is 13.4 Å². The van der Waals surface area contributed by atoms with Gasteiger partial charge >= 0.3 is 0 Å². The molecule has 0 fully saturated rings. The van der Waals surface area contributed by atoms with E-state index in [1.165, 1.54) is 6.26 Å². The average Bonchev–Trinajstić information content (AvgIpc) is 2.92. The minimum absolute atomic E-state index is 0.130. The van der Waals surface area contributed by atoms with E-state index in [4.69, 9.17) is 4.42 Å². The van der Waals surface area contributed by atoms with Crippen LogP contribution in [0.25, 0.3) is 11.5 Å². The fourth-order valence-corrected chi connectivity index (χ4v) is 3.32. The highest BCUT2D eigenvalue weighted by Crippen LogP contribution is 2.20. The topological polar surface area (TPSA) is 72.2 Å². The van der Waals surface area contributed by atoms with Crippen molar-refractivity contribution in [3.8, 4) is 11.5 Å². The second-order valence-corrected chi connectivity index (χ2v) is 6.58. The van der Waals surface area contributed by atoms with Crippen molar-refractivity contribution in [3.05, 3.63) is 36.7 Å². The third kappa shape index (κ3) is 3.84. The van der Waals surface area contributed by atoms with Crippen LogP contribution in [0.1, 0.15) is 20.3 Å². The largest absolute Gasteiger partial charge is 0.445 e.